The van der Waals surface area contributed by atoms with Gasteiger partial charge in [0.05, 0.1) is 0 Å². The summed E-state index contributed by atoms with van der Waals surface area (Å²) in [7, 11) is 0. The summed E-state index contributed by atoms with van der Waals surface area (Å²) in [5, 5.41) is 0. The van der Waals surface area contributed by atoms with Crippen LogP contribution < -0.4 is 0 Å². The molecule has 8 heteroatoms. The standard InChI is InChI=1S/C28H38N2O6/c1-3-24-19-21(2)9-14-28(24)35-33-27(34-36-28)12-10-22(11-13-27)20-25(31)29-15-17-30(18-16-29)26(32)23-7-5-4-6-8-23/h4-9,14,21-22,24H,3,10-13,15-20H2,1-2H3. The van der Waals surface area contributed by atoms with Crippen LogP contribution in [0.1, 0.15) is 69.2 Å². The second-order valence-corrected chi connectivity index (χ2v) is 10.8. The van der Waals surface area contributed by atoms with Gasteiger partial charge in [-0.15, -0.1) is 0 Å². The fourth-order valence-corrected chi connectivity index (χ4v) is 5.87. The molecule has 0 N–H and O–H groups in total. The van der Waals surface area contributed by atoms with Gasteiger partial charge in [-0.3, -0.25) is 9.59 Å². The Morgan fingerprint density at radius 1 is 0.944 bits per heavy atom. The Bertz CT molecular complexity index is 940. The third-order valence-electron chi connectivity index (χ3n) is 8.29. The smallest absolute Gasteiger partial charge is 0.255 e. The van der Waals surface area contributed by atoms with E-state index in [1.165, 1.54) is 0 Å². The first kappa shape index (κ1) is 25.4. The summed E-state index contributed by atoms with van der Waals surface area (Å²) in [6, 6.07) is 9.31. The van der Waals surface area contributed by atoms with Gasteiger partial charge in [0.1, 0.15) is 0 Å². The van der Waals surface area contributed by atoms with Crippen molar-refractivity contribution in [3.8, 4) is 0 Å². The fourth-order valence-electron chi connectivity index (χ4n) is 5.87. The lowest BCUT2D eigenvalue weighted by Gasteiger charge is -2.48. The van der Waals surface area contributed by atoms with E-state index in [4.69, 9.17) is 19.6 Å². The Morgan fingerprint density at radius 2 is 1.58 bits per heavy atom. The lowest BCUT2D eigenvalue weighted by Crippen LogP contribution is -2.55. The van der Waals surface area contributed by atoms with Gasteiger partial charge >= 0.3 is 0 Å². The highest BCUT2D eigenvalue weighted by Crippen LogP contribution is 2.47. The molecule has 2 aliphatic carbocycles. The average Bonchev–Trinajstić information content (AvgIpc) is 2.93. The van der Waals surface area contributed by atoms with Crippen LogP contribution in [0.5, 0.6) is 0 Å². The molecule has 0 radical (unpaired) electrons. The van der Waals surface area contributed by atoms with Gasteiger partial charge in [-0.1, -0.05) is 38.1 Å². The van der Waals surface area contributed by atoms with Crippen LogP contribution in [-0.2, 0) is 24.3 Å². The van der Waals surface area contributed by atoms with E-state index < -0.39 is 11.6 Å². The molecule has 8 nitrogen and oxygen atoms in total. The Labute approximate surface area is 213 Å². The van der Waals surface area contributed by atoms with E-state index in [0.717, 1.165) is 25.7 Å². The van der Waals surface area contributed by atoms with Crippen molar-refractivity contribution in [2.75, 3.05) is 26.2 Å². The highest BCUT2D eigenvalue weighted by molar-refractivity contribution is 5.94. The summed E-state index contributed by atoms with van der Waals surface area (Å²) in [5.74, 6) is -0.757. The molecule has 4 aliphatic rings. The molecule has 36 heavy (non-hydrogen) atoms. The molecular weight excluding hydrogens is 460 g/mol. The predicted molar refractivity (Wildman–Crippen MR) is 132 cm³/mol. The van der Waals surface area contributed by atoms with Crippen LogP contribution in [0.4, 0.5) is 0 Å². The van der Waals surface area contributed by atoms with Crippen molar-refractivity contribution in [3.05, 3.63) is 48.0 Å². The van der Waals surface area contributed by atoms with E-state index in [1.807, 2.05) is 46.2 Å². The second-order valence-electron chi connectivity index (χ2n) is 10.8. The first-order chi connectivity index (χ1) is 17.4. The summed E-state index contributed by atoms with van der Waals surface area (Å²) >= 11 is 0. The molecule has 1 saturated carbocycles. The molecule has 2 heterocycles. The van der Waals surface area contributed by atoms with Crippen molar-refractivity contribution in [1.82, 2.24) is 9.80 Å². The number of amides is 2. The van der Waals surface area contributed by atoms with Crippen molar-refractivity contribution in [2.24, 2.45) is 17.8 Å². The van der Waals surface area contributed by atoms with Crippen LogP contribution in [0.15, 0.2) is 42.5 Å². The van der Waals surface area contributed by atoms with E-state index in [2.05, 4.69) is 19.9 Å². The van der Waals surface area contributed by atoms with Crippen LogP contribution in [0.3, 0.4) is 0 Å². The number of benzene rings is 1. The first-order valence-corrected chi connectivity index (χ1v) is 13.5. The minimum atomic E-state index is -0.969. The third-order valence-corrected chi connectivity index (χ3v) is 8.29. The van der Waals surface area contributed by atoms with Crippen molar-refractivity contribution < 1.29 is 29.1 Å². The summed E-state index contributed by atoms with van der Waals surface area (Å²) in [6.45, 7) is 6.60. The molecule has 1 aromatic carbocycles. The van der Waals surface area contributed by atoms with Crippen molar-refractivity contribution >= 4 is 11.8 Å². The number of piperazine rings is 1. The molecule has 2 unspecified atom stereocenters. The lowest BCUT2D eigenvalue weighted by atomic mass is 9.81. The number of hydrogen-bond acceptors (Lipinski definition) is 6. The Kier molecular flexibility index (Phi) is 7.49. The van der Waals surface area contributed by atoms with Gasteiger partial charge in [-0.2, -0.15) is 19.6 Å². The third kappa shape index (κ3) is 5.23. The maximum Gasteiger partial charge on any atom is 0.255 e. The monoisotopic (exact) mass is 498 g/mol. The lowest BCUT2D eigenvalue weighted by molar-refractivity contribution is -0.658. The quantitative estimate of drug-likeness (QED) is 0.450. The van der Waals surface area contributed by atoms with Crippen molar-refractivity contribution in [1.29, 1.82) is 0 Å². The molecular formula is C28H38N2O6. The zero-order chi connectivity index (χ0) is 25.2. The summed E-state index contributed by atoms with van der Waals surface area (Å²) in [4.78, 5) is 52.9. The SMILES string of the molecule is CCC1CC(C)C=CC12OOC1(CCC(CC(=O)N3CCN(C(=O)c4ccccc4)CC3)CC1)OO2. The average molecular weight is 499 g/mol. The summed E-state index contributed by atoms with van der Waals surface area (Å²) in [6.07, 6.45) is 9.26. The van der Waals surface area contributed by atoms with Gasteiger partial charge in [0, 0.05) is 56.9 Å². The van der Waals surface area contributed by atoms with Crippen molar-refractivity contribution in [3.63, 3.8) is 0 Å². The zero-order valence-corrected chi connectivity index (χ0v) is 21.4. The van der Waals surface area contributed by atoms with Gasteiger partial charge in [-0.05, 0) is 55.7 Å². The Morgan fingerprint density at radius 3 is 2.22 bits per heavy atom. The molecule has 0 bridgehead atoms. The topological polar surface area (TPSA) is 77.5 Å². The van der Waals surface area contributed by atoms with Crippen LogP contribution in [-0.4, -0.2) is 59.4 Å². The minimum Gasteiger partial charge on any atom is -0.339 e. The van der Waals surface area contributed by atoms with E-state index in [0.29, 0.717) is 56.9 Å². The van der Waals surface area contributed by atoms with E-state index in [-0.39, 0.29) is 23.7 Å². The van der Waals surface area contributed by atoms with Crippen LogP contribution in [0.25, 0.3) is 0 Å². The van der Waals surface area contributed by atoms with Gasteiger partial charge in [0.15, 0.2) is 0 Å². The maximum atomic E-state index is 13.0. The Balaban J connectivity index is 1.07. The molecule has 5 rings (SSSR count). The molecule has 2 atom stereocenters. The minimum absolute atomic E-state index is 0.0301. The number of hydrogen-bond donors (Lipinski definition) is 0. The van der Waals surface area contributed by atoms with Gasteiger partial charge < -0.3 is 9.80 Å². The summed E-state index contributed by atoms with van der Waals surface area (Å²) < 4.78 is 0. The normalized spacial score (nSPS) is 34.8. The van der Waals surface area contributed by atoms with E-state index >= 15 is 0 Å². The molecule has 2 aliphatic heterocycles. The van der Waals surface area contributed by atoms with Gasteiger partial charge in [-0.25, -0.2) is 0 Å². The van der Waals surface area contributed by atoms with E-state index in [9.17, 15) is 9.59 Å². The number of allylic oxidation sites excluding steroid dienone is 1. The zero-order valence-electron chi connectivity index (χ0n) is 21.4. The number of rotatable bonds is 4. The van der Waals surface area contributed by atoms with Crippen LogP contribution in [0.2, 0.25) is 0 Å². The second kappa shape index (κ2) is 10.6. The number of carbonyl (C=O) groups excluding carboxylic acids is 2. The van der Waals surface area contributed by atoms with E-state index in [1.54, 1.807) is 0 Å². The first-order valence-electron chi connectivity index (χ1n) is 13.5. The van der Waals surface area contributed by atoms with Crippen LogP contribution >= 0.6 is 0 Å². The Hall–Kier alpha value is -2.26. The van der Waals surface area contributed by atoms with Gasteiger partial charge in [0.25, 0.3) is 11.7 Å². The maximum absolute atomic E-state index is 13.0. The largest absolute Gasteiger partial charge is 0.339 e. The molecule has 2 spiro atoms. The summed E-state index contributed by atoms with van der Waals surface area (Å²) in [5.41, 5.74) is 0.693. The van der Waals surface area contributed by atoms with Crippen molar-refractivity contribution in [2.45, 2.75) is 70.4 Å². The molecule has 0 aromatic heterocycles. The predicted octanol–water partition coefficient (Wildman–Crippen LogP) is 4.48. The van der Waals surface area contributed by atoms with Gasteiger partial charge in [0.2, 0.25) is 11.7 Å². The number of nitrogens with zero attached hydrogens (tertiary/aromatic N) is 2. The molecule has 2 amide bonds. The van der Waals surface area contributed by atoms with Crippen LogP contribution in [0, 0.1) is 17.8 Å². The molecule has 1 aromatic rings. The molecule has 196 valence electrons. The molecule has 3 fully saturated rings. The highest BCUT2D eigenvalue weighted by atomic mass is 17.4. The molecule has 2 saturated heterocycles. The highest BCUT2D eigenvalue weighted by Gasteiger charge is 2.53. The number of carbonyl (C=O) groups is 2. The fraction of sp³-hybridized carbons (Fsp3) is 0.643.